The number of anilines is 1. The van der Waals surface area contributed by atoms with Crippen LogP contribution in [0, 0.1) is 18.8 Å². The molecule has 0 saturated heterocycles. The Morgan fingerprint density at radius 2 is 1.94 bits per heavy atom. The molecule has 96 valence electrons. The van der Waals surface area contributed by atoms with Gasteiger partial charge in [0.15, 0.2) is 0 Å². The summed E-state index contributed by atoms with van der Waals surface area (Å²) >= 11 is 0. The first kappa shape index (κ1) is 12.5. The lowest BCUT2D eigenvalue weighted by atomic mass is 9.79. The Labute approximate surface area is 105 Å². The predicted molar refractivity (Wildman–Crippen MR) is 72.2 cm³/mol. The average Bonchev–Trinajstić information content (AvgIpc) is 2.58. The number of nitrogens with one attached hydrogen (secondary N) is 1. The molecule has 2 rings (SSSR count). The lowest BCUT2D eigenvalue weighted by Crippen LogP contribution is -2.28. The molecule has 3 heteroatoms. The quantitative estimate of drug-likeness (QED) is 0.870. The maximum Gasteiger partial charge on any atom is 0.0825 e. The zero-order valence-electron chi connectivity index (χ0n) is 11.5. The Bertz CT molecular complexity index is 360. The van der Waals surface area contributed by atoms with E-state index in [-0.39, 0.29) is 0 Å². The molecule has 0 aromatic carbocycles. The van der Waals surface area contributed by atoms with E-state index in [0.29, 0.717) is 6.04 Å². The third kappa shape index (κ3) is 3.02. The van der Waals surface area contributed by atoms with Crippen molar-refractivity contribution >= 4 is 5.69 Å². The summed E-state index contributed by atoms with van der Waals surface area (Å²) in [4.78, 5) is 0. The maximum atomic E-state index is 4.37. The molecule has 1 N–H and O–H groups in total. The third-order valence-electron chi connectivity index (χ3n) is 4.09. The monoisotopic (exact) mass is 235 g/mol. The summed E-state index contributed by atoms with van der Waals surface area (Å²) in [6.07, 6.45) is 7.43. The Hall–Kier alpha value is -0.990. The number of hydrogen-bond donors (Lipinski definition) is 1. The number of hydrogen-bond acceptors (Lipinski definition) is 2. The molecule has 0 amide bonds. The topological polar surface area (TPSA) is 29.9 Å². The zero-order valence-corrected chi connectivity index (χ0v) is 11.5. The van der Waals surface area contributed by atoms with Crippen LogP contribution in [0.1, 0.15) is 45.2 Å². The first-order valence-electron chi connectivity index (χ1n) is 6.83. The normalized spacial score (nSPS) is 25.2. The van der Waals surface area contributed by atoms with E-state index in [9.17, 15) is 0 Å². The van der Waals surface area contributed by atoms with Crippen molar-refractivity contribution in [2.75, 3.05) is 5.32 Å². The van der Waals surface area contributed by atoms with Gasteiger partial charge in [-0.3, -0.25) is 4.68 Å². The van der Waals surface area contributed by atoms with Gasteiger partial charge in [-0.05, 0) is 44.4 Å². The van der Waals surface area contributed by atoms with Crippen LogP contribution in [0.25, 0.3) is 0 Å². The van der Waals surface area contributed by atoms with Crippen molar-refractivity contribution < 1.29 is 0 Å². The first-order valence-corrected chi connectivity index (χ1v) is 6.83. The zero-order chi connectivity index (χ0) is 12.4. The molecule has 1 saturated carbocycles. The van der Waals surface area contributed by atoms with E-state index in [1.54, 1.807) is 0 Å². The summed E-state index contributed by atoms with van der Waals surface area (Å²) in [5.41, 5.74) is 2.32. The van der Waals surface area contributed by atoms with Gasteiger partial charge in [0, 0.05) is 19.3 Å². The van der Waals surface area contributed by atoms with Crippen LogP contribution in [0.3, 0.4) is 0 Å². The molecule has 1 aliphatic carbocycles. The second-order valence-electron chi connectivity index (χ2n) is 5.80. The van der Waals surface area contributed by atoms with E-state index >= 15 is 0 Å². The molecule has 1 heterocycles. The van der Waals surface area contributed by atoms with Crippen LogP contribution in [-0.4, -0.2) is 15.8 Å². The molecule has 0 bridgehead atoms. The number of nitrogens with zero attached hydrogens (tertiary/aromatic N) is 2. The first-order chi connectivity index (χ1) is 8.06. The van der Waals surface area contributed by atoms with Gasteiger partial charge >= 0.3 is 0 Å². The number of aryl methyl sites for hydroxylation is 2. The highest BCUT2D eigenvalue weighted by Gasteiger charge is 2.23. The molecule has 17 heavy (non-hydrogen) atoms. The molecule has 3 nitrogen and oxygen atoms in total. The molecular weight excluding hydrogens is 210 g/mol. The largest absolute Gasteiger partial charge is 0.380 e. The Morgan fingerprint density at radius 1 is 1.29 bits per heavy atom. The Morgan fingerprint density at radius 3 is 2.41 bits per heavy atom. The van der Waals surface area contributed by atoms with Gasteiger partial charge in [-0.2, -0.15) is 5.10 Å². The van der Waals surface area contributed by atoms with Crippen LogP contribution < -0.4 is 5.32 Å². The lowest BCUT2D eigenvalue weighted by Gasteiger charge is -2.31. The highest BCUT2D eigenvalue weighted by molar-refractivity contribution is 5.46. The van der Waals surface area contributed by atoms with Gasteiger partial charge in [-0.1, -0.05) is 13.8 Å². The Balaban J connectivity index is 1.88. The molecular formula is C14H25N3. The average molecular weight is 235 g/mol. The molecule has 0 spiro atoms. The summed E-state index contributed by atoms with van der Waals surface area (Å²) in [5.74, 6) is 1.78. The van der Waals surface area contributed by atoms with Gasteiger partial charge in [0.1, 0.15) is 0 Å². The van der Waals surface area contributed by atoms with Crippen molar-refractivity contribution in [3.8, 4) is 0 Å². The van der Waals surface area contributed by atoms with Crippen LogP contribution in [0.5, 0.6) is 0 Å². The van der Waals surface area contributed by atoms with E-state index in [1.165, 1.54) is 31.4 Å². The minimum absolute atomic E-state index is 0.646. The molecule has 0 atom stereocenters. The molecule has 1 aromatic heterocycles. The standard InChI is InChI=1S/C14H25N3/c1-10(2)12-5-7-13(8-6-12)15-14-9-17(4)16-11(14)3/h9-10,12-13,15H,5-8H2,1-4H3. The highest BCUT2D eigenvalue weighted by atomic mass is 15.3. The van der Waals surface area contributed by atoms with Crippen LogP contribution in [0.15, 0.2) is 6.20 Å². The highest BCUT2D eigenvalue weighted by Crippen LogP contribution is 2.31. The van der Waals surface area contributed by atoms with E-state index in [4.69, 9.17) is 0 Å². The van der Waals surface area contributed by atoms with Crippen LogP contribution in [0.4, 0.5) is 5.69 Å². The van der Waals surface area contributed by atoms with Gasteiger partial charge in [-0.15, -0.1) is 0 Å². The molecule has 0 radical (unpaired) electrons. The maximum absolute atomic E-state index is 4.37. The molecule has 0 aliphatic heterocycles. The second kappa shape index (κ2) is 5.11. The van der Waals surface area contributed by atoms with Gasteiger partial charge in [0.2, 0.25) is 0 Å². The number of rotatable bonds is 3. The van der Waals surface area contributed by atoms with Gasteiger partial charge < -0.3 is 5.32 Å². The van der Waals surface area contributed by atoms with Crippen LogP contribution in [0.2, 0.25) is 0 Å². The molecule has 1 aromatic rings. The van der Waals surface area contributed by atoms with Crippen molar-refractivity contribution in [3.05, 3.63) is 11.9 Å². The van der Waals surface area contributed by atoms with Crippen LogP contribution in [-0.2, 0) is 7.05 Å². The lowest BCUT2D eigenvalue weighted by molar-refractivity contribution is 0.267. The fourth-order valence-electron chi connectivity index (χ4n) is 2.89. The SMILES string of the molecule is Cc1nn(C)cc1NC1CCC(C(C)C)CC1. The summed E-state index contributed by atoms with van der Waals surface area (Å²) in [7, 11) is 1.98. The minimum Gasteiger partial charge on any atom is -0.380 e. The second-order valence-corrected chi connectivity index (χ2v) is 5.80. The molecule has 0 unspecified atom stereocenters. The van der Waals surface area contributed by atoms with Crippen molar-refractivity contribution in [1.82, 2.24) is 9.78 Å². The summed E-state index contributed by atoms with van der Waals surface area (Å²) in [6.45, 7) is 6.77. The smallest absolute Gasteiger partial charge is 0.0825 e. The summed E-state index contributed by atoms with van der Waals surface area (Å²) < 4.78 is 1.89. The molecule has 1 fully saturated rings. The van der Waals surface area contributed by atoms with E-state index in [0.717, 1.165) is 17.5 Å². The van der Waals surface area contributed by atoms with Crippen molar-refractivity contribution in [2.24, 2.45) is 18.9 Å². The van der Waals surface area contributed by atoms with Gasteiger partial charge in [0.25, 0.3) is 0 Å². The fraction of sp³-hybridized carbons (Fsp3) is 0.786. The molecule has 1 aliphatic rings. The van der Waals surface area contributed by atoms with Crippen LogP contribution >= 0.6 is 0 Å². The van der Waals surface area contributed by atoms with Crippen molar-refractivity contribution in [3.63, 3.8) is 0 Å². The summed E-state index contributed by atoms with van der Waals surface area (Å²) in [5, 5.41) is 8.02. The predicted octanol–water partition coefficient (Wildman–Crippen LogP) is 3.36. The fourth-order valence-corrected chi connectivity index (χ4v) is 2.89. The van der Waals surface area contributed by atoms with E-state index in [1.807, 2.05) is 11.7 Å². The van der Waals surface area contributed by atoms with Gasteiger partial charge in [-0.25, -0.2) is 0 Å². The number of aromatic nitrogens is 2. The van der Waals surface area contributed by atoms with Crippen molar-refractivity contribution in [2.45, 2.75) is 52.5 Å². The Kier molecular flexibility index (Phi) is 3.75. The van der Waals surface area contributed by atoms with E-state index < -0.39 is 0 Å². The minimum atomic E-state index is 0.646. The summed E-state index contributed by atoms with van der Waals surface area (Å²) in [6, 6.07) is 0.646. The van der Waals surface area contributed by atoms with Gasteiger partial charge in [0.05, 0.1) is 11.4 Å². The third-order valence-corrected chi connectivity index (χ3v) is 4.09. The van der Waals surface area contributed by atoms with Crippen molar-refractivity contribution in [1.29, 1.82) is 0 Å². The van der Waals surface area contributed by atoms with E-state index in [2.05, 4.69) is 37.4 Å².